The van der Waals surface area contributed by atoms with E-state index in [2.05, 4.69) is 0 Å². The summed E-state index contributed by atoms with van der Waals surface area (Å²) in [5.41, 5.74) is -0.429. The number of aliphatic hydroxyl groups is 2. The monoisotopic (exact) mass is 390 g/mol. The van der Waals surface area contributed by atoms with Crippen molar-refractivity contribution in [2.45, 2.75) is 51.4 Å². The average Bonchev–Trinajstić information content (AvgIpc) is 3.19. The fourth-order valence-electron chi connectivity index (χ4n) is 5.82. The maximum Gasteiger partial charge on any atom is 0.334 e. The van der Waals surface area contributed by atoms with Crippen LogP contribution in [0.2, 0.25) is 0 Å². The molecule has 2 heterocycles. The van der Waals surface area contributed by atoms with Gasteiger partial charge in [-0.3, -0.25) is 4.79 Å². The zero-order valence-electron chi connectivity index (χ0n) is 16.3. The van der Waals surface area contributed by atoms with Gasteiger partial charge in [0.25, 0.3) is 0 Å². The molecular formula is C21H26O7. The van der Waals surface area contributed by atoms with Gasteiger partial charge in [0.15, 0.2) is 0 Å². The lowest BCUT2D eigenvalue weighted by Gasteiger charge is -2.61. The van der Waals surface area contributed by atoms with Crippen LogP contribution in [0.1, 0.15) is 44.8 Å². The van der Waals surface area contributed by atoms with Crippen LogP contribution in [0.4, 0.5) is 0 Å². The van der Waals surface area contributed by atoms with E-state index in [9.17, 15) is 19.8 Å². The minimum atomic E-state index is -0.925. The highest BCUT2D eigenvalue weighted by atomic mass is 16.5. The van der Waals surface area contributed by atoms with Crippen molar-refractivity contribution in [1.29, 1.82) is 0 Å². The van der Waals surface area contributed by atoms with Crippen molar-refractivity contribution in [2.24, 2.45) is 22.7 Å². The predicted molar refractivity (Wildman–Crippen MR) is 96.7 cm³/mol. The van der Waals surface area contributed by atoms with Crippen molar-refractivity contribution < 1.29 is 33.7 Å². The van der Waals surface area contributed by atoms with Crippen molar-refractivity contribution in [3.05, 3.63) is 35.8 Å². The predicted octanol–water partition coefficient (Wildman–Crippen LogP) is 2.14. The van der Waals surface area contributed by atoms with Gasteiger partial charge in [-0.05, 0) is 42.7 Å². The van der Waals surface area contributed by atoms with E-state index >= 15 is 0 Å². The SMILES string of the molecule is COC(=O)C1=C[C@H](O)C[C@H]2[C@]3(C)C[C@@H](c4ccoc4)OC(=O)[C@@H]3C[C@@H](O)[C@@]12C. The molecule has 0 radical (unpaired) electrons. The van der Waals surface area contributed by atoms with Crippen LogP contribution < -0.4 is 0 Å². The number of cyclic esters (lactones) is 1. The van der Waals surface area contributed by atoms with Gasteiger partial charge in [0.05, 0.1) is 37.8 Å². The van der Waals surface area contributed by atoms with Gasteiger partial charge < -0.3 is 24.1 Å². The van der Waals surface area contributed by atoms with Crippen LogP contribution >= 0.6 is 0 Å². The Morgan fingerprint density at radius 3 is 2.68 bits per heavy atom. The van der Waals surface area contributed by atoms with E-state index in [1.54, 1.807) is 12.3 Å². The highest BCUT2D eigenvalue weighted by Gasteiger charge is 2.65. The summed E-state index contributed by atoms with van der Waals surface area (Å²) in [6, 6.07) is 1.77. The number of rotatable bonds is 2. The summed E-state index contributed by atoms with van der Waals surface area (Å²) in [5.74, 6) is -1.72. The first-order chi connectivity index (χ1) is 13.2. The van der Waals surface area contributed by atoms with Gasteiger partial charge in [0.1, 0.15) is 6.10 Å². The van der Waals surface area contributed by atoms with Crippen LogP contribution in [0, 0.1) is 22.7 Å². The Morgan fingerprint density at radius 2 is 2.04 bits per heavy atom. The van der Waals surface area contributed by atoms with E-state index in [-0.39, 0.29) is 23.9 Å². The fourth-order valence-corrected chi connectivity index (χ4v) is 5.82. The molecule has 1 aromatic rings. The molecule has 3 aliphatic rings. The summed E-state index contributed by atoms with van der Waals surface area (Å²) < 4.78 is 15.8. The molecule has 1 saturated heterocycles. The van der Waals surface area contributed by atoms with Gasteiger partial charge in [0, 0.05) is 16.6 Å². The molecule has 0 amide bonds. The normalized spacial score (nSPS) is 42.7. The fraction of sp³-hybridized carbons (Fsp3) is 0.619. The molecule has 1 aromatic heterocycles. The molecule has 7 nitrogen and oxygen atoms in total. The third-order valence-electron chi connectivity index (χ3n) is 7.37. The Balaban J connectivity index is 1.80. The lowest BCUT2D eigenvalue weighted by atomic mass is 9.44. The van der Waals surface area contributed by atoms with Crippen molar-refractivity contribution in [1.82, 2.24) is 0 Å². The molecule has 7 heteroatoms. The molecule has 2 aliphatic carbocycles. The third kappa shape index (κ3) is 2.56. The van der Waals surface area contributed by atoms with Gasteiger partial charge in [0.2, 0.25) is 0 Å². The second-order valence-corrected chi connectivity index (χ2v) is 8.71. The number of carbonyl (C=O) groups is 2. The summed E-state index contributed by atoms with van der Waals surface area (Å²) in [7, 11) is 1.29. The zero-order chi connectivity index (χ0) is 20.3. The standard InChI is InChI=1S/C21H26O7/c1-20-9-15(11-4-5-27-10-11)28-19(25)13(20)8-17(23)21(2)14(18(24)26-3)6-12(22)7-16(20)21/h4-6,10,12-13,15-17,22-23H,7-9H2,1-3H3/t12-,13-,15-,16-,17+,20+,21-/m0/s1. The first-order valence-electron chi connectivity index (χ1n) is 9.61. The molecule has 4 rings (SSSR count). The molecular weight excluding hydrogens is 364 g/mol. The number of aliphatic hydroxyl groups excluding tert-OH is 2. The highest BCUT2D eigenvalue weighted by Crippen LogP contribution is 2.64. The largest absolute Gasteiger partial charge is 0.472 e. The van der Waals surface area contributed by atoms with E-state index in [0.717, 1.165) is 5.56 Å². The van der Waals surface area contributed by atoms with Gasteiger partial charge in [-0.15, -0.1) is 0 Å². The Labute approximate surface area is 163 Å². The quantitative estimate of drug-likeness (QED) is 0.745. The van der Waals surface area contributed by atoms with Crippen LogP contribution in [-0.2, 0) is 19.1 Å². The number of furan rings is 1. The maximum absolute atomic E-state index is 12.9. The average molecular weight is 390 g/mol. The van der Waals surface area contributed by atoms with Crippen LogP contribution in [0.5, 0.6) is 0 Å². The minimum absolute atomic E-state index is 0.199. The van der Waals surface area contributed by atoms with Crippen LogP contribution in [0.15, 0.2) is 34.7 Å². The van der Waals surface area contributed by atoms with Gasteiger partial charge in [-0.25, -0.2) is 4.79 Å². The van der Waals surface area contributed by atoms with E-state index in [1.165, 1.54) is 19.4 Å². The molecule has 2 N–H and O–H groups in total. The van der Waals surface area contributed by atoms with E-state index in [0.29, 0.717) is 12.8 Å². The van der Waals surface area contributed by atoms with Gasteiger partial charge in [-0.1, -0.05) is 13.8 Å². The number of esters is 2. The molecule has 7 atom stereocenters. The second kappa shape index (κ2) is 6.46. The molecule has 1 saturated carbocycles. The van der Waals surface area contributed by atoms with Crippen LogP contribution in [0.25, 0.3) is 0 Å². The van der Waals surface area contributed by atoms with Crippen molar-refractivity contribution in [2.75, 3.05) is 7.11 Å². The zero-order valence-corrected chi connectivity index (χ0v) is 16.3. The van der Waals surface area contributed by atoms with E-state index in [1.807, 2.05) is 13.8 Å². The topological polar surface area (TPSA) is 106 Å². The van der Waals surface area contributed by atoms with Gasteiger partial charge >= 0.3 is 11.9 Å². The lowest BCUT2D eigenvalue weighted by molar-refractivity contribution is -0.208. The second-order valence-electron chi connectivity index (χ2n) is 8.71. The van der Waals surface area contributed by atoms with E-state index < -0.39 is 41.0 Å². The summed E-state index contributed by atoms with van der Waals surface area (Å²) in [6.07, 6.45) is 3.43. The first-order valence-corrected chi connectivity index (χ1v) is 9.61. The summed E-state index contributed by atoms with van der Waals surface area (Å²) in [5, 5.41) is 21.5. The Hall–Kier alpha value is -2.12. The number of hydrogen-bond donors (Lipinski definition) is 2. The van der Waals surface area contributed by atoms with Crippen molar-refractivity contribution in [3.63, 3.8) is 0 Å². The van der Waals surface area contributed by atoms with Gasteiger partial charge in [-0.2, -0.15) is 0 Å². The molecule has 0 unspecified atom stereocenters. The van der Waals surface area contributed by atoms with Crippen molar-refractivity contribution >= 4 is 11.9 Å². The summed E-state index contributed by atoms with van der Waals surface area (Å²) in [6.45, 7) is 3.85. The highest BCUT2D eigenvalue weighted by molar-refractivity contribution is 5.90. The van der Waals surface area contributed by atoms with Crippen molar-refractivity contribution in [3.8, 4) is 0 Å². The molecule has 0 bridgehead atoms. The van der Waals surface area contributed by atoms with Crippen LogP contribution in [-0.4, -0.2) is 41.5 Å². The number of methoxy groups -OCH3 is 1. The van der Waals surface area contributed by atoms with E-state index in [4.69, 9.17) is 13.9 Å². The molecule has 152 valence electrons. The lowest BCUT2D eigenvalue weighted by Crippen LogP contribution is -2.62. The molecule has 0 spiro atoms. The van der Waals surface area contributed by atoms with Crippen LogP contribution in [0.3, 0.4) is 0 Å². The molecule has 28 heavy (non-hydrogen) atoms. The Morgan fingerprint density at radius 1 is 1.29 bits per heavy atom. The summed E-state index contributed by atoms with van der Waals surface area (Å²) >= 11 is 0. The minimum Gasteiger partial charge on any atom is -0.472 e. The molecule has 2 fully saturated rings. The number of hydrogen-bond acceptors (Lipinski definition) is 7. The third-order valence-corrected chi connectivity index (χ3v) is 7.37. The Bertz CT molecular complexity index is 813. The maximum atomic E-state index is 12.9. The molecule has 0 aromatic carbocycles. The Kier molecular flexibility index (Phi) is 4.43. The smallest absolute Gasteiger partial charge is 0.334 e. The molecule has 1 aliphatic heterocycles. The first kappa shape index (κ1) is 19.2. The summed E-state index contributed by atoms with van der Waals surface area (Å²) in [4.78, 5) is 25.4. The number of carbonyl (C=O) groups excluding carboxylic acids is 2. The number of ether oxygens (including phenoxy) is 2. The number of fused-ring (bicyclic) bond motifs is 3.